The Labute approximate surface area is 111 Å². The van der Waals surface area contributed by atoms with Crippen molar-refractivity contribution in [2.45, 2.75) is 32.9 Å². The Hall–Kier alpha value is -1.82. The molecular formula is C13H20N2O4. The zero-order valence-electron chi connectivity index (χ0n) is 11.7. The minimum atomic E-state index is -0.978. The molecule has 1 rings (SSSR count). The SMILES string of the molecule is CCC(C(=O)O)n1c(C)cc(=O)c(O)c1CN(C)C. The van der Waals surface area contributed by atoms with Crippen LogP contribution < -0.4 is 5.43 Å². The molecule has 0 aliphatic rings. The number of pyridine rings is 1. The first-order chi connectivity index (χ1) is 8.79. The van der Waals surface area contributed by atoms with Crippen molar-refractivity contribution in [2.75, 3.05) is 14.1 Å². The lowest BCUT2D eigenvalue weighted by atomic mass is 10.1. The largest absolute Gasteiger partial charge is 0.503 e. The highest BCUT2D eigenvalue weighted by atomic mass is 16.4. The van der Waals surface area contributed by atoms with Crippen molar-refractivity contribution in [3.05, 3.63) is 27.7 Å². The van der Waals surface area contributed by atoms with Crippen LogP contribution >= 0.6 is 0 Å². The predicted octanol–water partition coefficient (Wildman–Crippen LogP) is 0.960. The van der Waals surface area contributed by atoms with E-state index >= 15 is 0 Å². The third-order valence-electron chi connectivity index (χ3n) is 2.97. The summed E-state index contributed by atoms with van der Waals surface area (Å²) in [7, 11) is 3.58. The zero-order valence-corrected chi connectivity index (χ0v) is 11.7. The van der Waals surface area contributed by atoms with Gasteiger partial charge in [-0.1, -0.05) is 6.92 Å². The summed E-state index contributed by atoms with van der Waals surface area (Å²) >= 11 is 0. The maximum absolute atomic E-state index is 11.6. The lowest BCUT2D eigenvalue weighted by Gasteiger charge is -2.24. The molecule has 1 unspecified atom stereocenters. The van der Waals surface area contributed by atoms with Gasteiger partial charge in [-0.3, -0.25) is 4.79 Å². The molecule has 0 aromatic carbocycles. The average molecular weight is 268 g/mol. The van der Waals surface area contributed by atoms with Crippen LogP contribution in [-0.2, 0) is 11.3 Å². The van der Waals surface area contributed by atoms with Crippen LogP contribution in [-0.4, -0.2) is 39.7 Å². The van der Waals surface area contributed by atoms with Crippen LogP contribution in [0.1, 0.15) is 30.8 Å². The summed E-state index contributed by atoms with van der Waals surface area (Å²) in [6, 6.07) is 0.474. The van der Waals surface area contributed by atoms with Gasteiger partial charge in [-0.25, -0.2) is 4.79 Å². The van der Waals surface area contributed by atoms with E-state index in [0.29, 0.717) is 24.4 Å². The Kier molecular flexibility index (Phi) is 4.72. The second-order valence-electron chi connectivity index (χ2n) is 4.82. The number of hydrogen-bond donors (Lipinski definition) is 2. The number of rotatable bonds is 5. The van der Waals surface area contributed by atoms with Crippen molar-refractivity contribution in [3.8, 4) is 5.75 Å². The molecular weight excluding hydrogens is 248 g/mol. The van der Waals surface area contributed by atoms with Gasteiger partial charge < -0.3 is 19.7 Å². The number of carboxylic acid groups (broad SMARTS) is 1. The maximum Gasteiger partial charge on any atom is 0.326 e. The molecule has 1 aromatic rings. The van der Waals surface area contributed by atoms with Crippen molar-refractivity contribution < 1.29 is 15.0 Å². The van der Waals surface area contributed by atoms with E-state index in [2.05, 4.69) is 0 Å². The van der Waals surface area contributed by atoms with Gasteiger partial charge in [0.25, 0.3) is 0 Å². The monoisotopic (exact) mass is 268 g/mol. The minimum Gasteiger partial charge on any atom is -0.503 e. The second kappa shape index (κ2) is 5.88. The molecule has 0 saturated carbocycles. The molecule has 1 heterocycles. The number of carbonyl (C=O) groups is 1. The molecule has 0 radical (unpaired) electrons. The fourth-order valence-electron chi connectivity index (χ4n) is 2.15. The molecule has 106 valence electrons. The Morgan fingerprint density at radius 3 is 2.47 bits per heavy atom. The molecule has 6 heteroatoms. The Morgan fingerprint density at radius 1 is 1.47 bits per heavy atom. The topological polar surface area (TPSA) is 82.8 Å². The molecule has 0 amide bonds. The van der Waals surface area contributed by atoms with Crippen LogP contribution in [0.2, 0.25) is 0 Å². The molecule has 0 fully saturated rings. The first kappa shape index (κ1) is 15.2. The van der Waals surface area contributed by atoms with Crippen molar-refractivity contribution in [3.63, 3.8) is 0 Å². The maximum atomic E-state index is 11.6. The lowest BCUT2D eigenvalue weighted by molar-refractivity contribution is -0.141. The molecule has 1 aromatic heterocycles. The number of aromatic nitrogens is 1. The summed E-state index contributed by atoms with van der Waals surface area (Å²) < 4.78 is 1.53. The summed E-state index contributed by atoms with van der Waals surface area (Å²) in [6.45, 7) is 3.73. The molecule has 0 bridgehead atoms. The third-order valence-corrected chi connectivity index (χ3v) is 2.97. The van der Waals surface area contributed by atoms with E-state index in [1.54, 1.807) is 32.8 Å². The molecule has 0 aliphatic carbocycles. The van der Waals surface area contributed by atoms with Gasteiger partial charge in [0.15, 0.2) is 5.75 Å². The summed E-state index contributed by atoms with van der Waals surface area (Å²) in [5.41, 5.74) is 0.393. The van der Waals surface area contributed by atoms with Crippen LogP contribution in [0.15, 0.2) is 10.9 Å². The van der Waals surface area contributed by atoms with E-state index in [-0.39, 0.29) is 5.75 Å². The fraction of sp³-hybridized carbons (Fsp3) is 0.538. The van der Waals surface area contributed by atoms with E-state index in [9.17, 15) is 19.8 Å². The summed E-state index contributed by atoms with van der Waals surface area (Å²) in [4.78, 5) is 24.7. The Balaban J connectivity index is 3.55. The quantitative estimate of drug-likeness (QED) is 0.831. The van der Waals surface area contributed by atoms with Gasteiger partial charge in [0.05, 0.1) is 5.69 Å². The van der Waals surface area contributed by atoms with Crippen molar-refractivity contribution >= 4 is 5.97 Å². The van der Waals surface area contributed by atoms with Crippen LogP contribution in [0.25, 0.3) is 0 Å². The van der Waals surface area contributed by atoms with Crippen LogP contribution in [0.3, 0.4) is 0 Å². The summed E-state index contributed by atoms with van der Waals surface area (Å²) in [5, 5.41) is 19.2. The number of aliphatic carboxylic acids is 1. The standard InChI is InChI=1S/C13H20N2O4/c1-5-9(13(18)19)15-8(2)6-11(16)12(17)10(15)7-14(3)4/h6,9,17H,5,7H2,1-4H3,(H,18,19). The van der Waals surface area contributed by atoms with Crippen LogP contribution in [0.4, 0.5) is 0 Å². The highest BCUT2D eigenvalue weighted by Gasteiger charge is 2.24. The molecule has 2 N–H and O–H groups in total. The first-order valence-corrected chi connectivity index (χ1v) is 6.11. The zero-order chi connectivity index (χ0) is 14.7. The average Bonchev–Trinajstić information content (AvgIpc) is 2.29. The Morgan fingerprint density at radius 2 is 2.05 bits per heavy atom. The number of aryl methyl sites for hydroxylation is 1. The van der Waals surface area contributed by atoms with Crippen molar-refractivity contribution in [1.29, 1.82) is 0 Å². The van der Waals surface area contributed by atoms with Gasteiger partial charge in [0.1, 0.15) is 6.04 Å². The summed E-state index contributed by atoms with van der Waals surface area (Å²) in [6.07, 6.45) is 0.374. The van der Waals surface area contributed by atoms with E-state index in [1.165, 1.54) is 10.6 Å². The second-order valence-corrected chi connectivity index (χ2v) is 4.82. The number of hydrogen-bond acceptors (Lipinski definition) is 4. The van der Waals surface area contributed by atoms with Gasteiger partial charge in [-0.2, -0.15) is 0 Å². The molecule has 0 spiro atoms. The highest BCUT2D eigenvalue weighted by Crippen LogP contribution is 2.23. The normalized spacial score (nSPS) is 12.7. The van der Waals surface area contributed by atoms with E-state index < -0.39 is 17.4 Å². The predicted molar refractivity (Wildman–Crippen MR) is 71.5 cm³/mol. The lowest BCUT2D eigenvalue weighted by Crippen LogP contribution is -2.28. The van der Waals surface area contributed by atoms with Gasteiger partial charge in [-0.15, -0.1) is 0 Å². The molecule has 0 aliphatic heterocycles. The smallest absolute Gasteiger partial charge is 0.326 e. The van der Waals surface area contributed by atoms with E-state index in [4.69, 9.17) is 0 Å². The molecule has 1 atom stereocenters. The Bertz CT molecular complexity index is 534. The molecule has 19 heavy (non-hydrogen) atoms. The first-order valence-electron chi connectivity index (χ1n) is 6.11. The van der Waals surface area contributed by atoms with Gasteiger partial charge in [0.2, 0.25) is 5.43 Å². The summed E-state index contributed by atoms with van der Waals surface area (Å²) in [5.74, 6) is -1.35. The number of aromatic hydroxyl groups is 1. The highest BCUT2D eigenvalue weighted by molar-refractivity contribution is 5.72. The van der Waals surface area contributed by atoms with E-state index in [0.717, 1.165) is 0 Å². The van der Waals surface area contributed by atoms with Gasteiger partial charge >= 0.3 is 5.97 Å². The molecule has 0 saturated heterocycles. The molecule has 6 nitrogen and oxygen atoms in total. The third kappa shape index (κ3) is 3.14. The number of carboxylic acids is 1. The minimum absolute atomic E-state index is 0.298. The fourth-order valence-corrected chi connectivity index (χ4v) is 2.15. The van der Waals surface area contributed by atoms with Crippen molar-refractivity contribution in [2.24, 2.45) is 0 Å². The van der Waals surface area contributed by atoms with Gasteiger partial charge in [0, 0.05) is 18.3 Å². The van der Waals surface area contributed by atoms with E-state index in [1.807, 2.05) is 0 Å². The van der Waals surface area contributed by atoms with Crippen LogP contribution in [0, 0.1) is 6.92 Å². The van der Waals surface area contributed by atoms with Gasteiger partial charge in [-0.05, 0) is 27.4 Å². The van der Waals surface area contributed by atoms with Crippen LogP contribution in [0.5, 0.6) is 5.75 Å². The number of nitrogens with zero attached hydrogens (tertiary/aromatic N) is 2. The van der Waals surface area contributed by atoms with Crippen molar-refractivity contribution in [1.82, 2.24) is 9.47 Å².